The maximum Gasteiger partial charge on any atom is 0.323 e. The highest BCUT2D eigenvalue weighted by Crippen LogP contribution is 2.26. The minimum atomic E-state index is -0.260. The van der Waals surface area contributed by atoms with Crippen LogP contribution in [0.2, 0.25) is 0 Å². The van der Waals surface area contributed by atoms with Crippen LogP contribution in [-0.2, 0) is 4.74 Å². The molecular weight excluding hydrogens is 314 g/mol. The highest BCUT2D eigenvalue weighted by Gasteiger charge is 2.15. The van der Waals surface area contributed by atoms with Gasteiger partial charge in [-0.05, 0) is 30.7 Å². The smallest absolute Gasteiger partial charge is 0.323 e. The van der Waals surface area contributed by atoms with E-state index in [4.69, 9.17) is 4.74 Å². The summed E-state index contributed by atoms with van der Waals surface area (Å²) in [5, 5.41) is 5.68. The van der Waals surface area contributed by atoms with E-state index >= 15 is 0 Å². The van der Waals surface area contributed by atoms with Crippen molar-refractivity contribution in [3.05, 3.63) is 65.9 Å². The molecule has 1 heterocycles. The third kappa shape index (κ3) is 4.84. The van der Waals surface area contributed by atoms with Gasteiger partial charge in [-0.15, -0.1) is 0 Å². The normalized spacial score (nSPS) is 14.5. The topological polar surface area (TPSA) is 53.6 Å². The lowest BCUT2D eigenvalue weighted by Gasteiger charge is -2.30. The number of aryl methyl sites for hydroxylation is 1. The van der Waals surface area contributed by atoms with Gasteiger partial charge in [-0.1, -0.05) is 42.0 Å². The molecular formula is C20H23N3O2. The predicted molar refractivity (Wildman–Crippen MR) is 102 cm³/mol. The van der Waals surface area contributed by atoms with Crippen molar-refractivity contribution in [2.75, 3.05) is 36.5 Å². The Morgan fingerprint density at radius 2 is 1.92 bits per heavy atom. The fraction of sp³-hybridized carbons (Fsp3) is 0.250. The first kappa shape index (κ1) is 17.0. The number of nitrogens with zero attached hydrogens (tertiary/aromatic N) is 1. The first-order chi connectivity index (χ1) is 12.2. The monoisotopic (exact) mass is 337 g/mol. The Morgan fingerprint density at radius 1 is 1.12 bits per heavy atom. The Hall–Kier alpha value is -2.79. The Labute approximate surface area is 148 Å². The van der Waals surface area contributed by atoms with Crippen molar-refractivity contribution in [3.8, 4) is 0 Å². The Bertz CT molecular complexity index is 752. The number of benzene rings is 2. The molecule has 25 heavy (non-hydrogen) atoms. The van der Waals surface area contributed by atoms with Gasteiger partial charge in [0.15, 0.2) is 0 Å². The summed E-state index contributed by atoms with van der Waals surface area (Å²) < 4.78 is 5.40. The van der Waals surface area contributed by atoms with Gasteiger partial charge in [-0.2, -0.15) is 0 Å². The van der Waals surface area contributed by atoms with Gasteiger partial charge in [0.05, 0.1) is 24.6 Å². The summed E-state index contributed by atoms with van der Waals surface area (Å²) in [6, 6.07) is 15.7. The standard InChI is InChI=1S/C20H23N3O2/c1-16-5-4-6-17(15-16)9-10-21-20(24)22-18-7-2-3-8-19(18)23-11-13-25-14-12-23/h2-10,15H,11-14H2,1H3,(H2,21,22,24)/b10-9+. The molecule has 2 N–H and O–H groups in total. The number of hydrogen-bond donors (Lipinski definition) is 2. The summed E-state index contributed by atoms with van der Waals surface area (Å²) in [5.74, 6) is 0. The lowest BCUT2D eigenvalue weighted by molar-refractivity contribution is 0.123. The van der Waals surface area contributed by atoms with Crippen molar-refractivity contribution in [3.63, 3.8) is 0 Å². The fourth-order valence-corrected chi connectivity index (χ4v) is 2.81. The average molecular weight is 337 g/mol. The molecule has 2 aromatic rings. The van der Waals surface area contributed by atoms with E-state index in [0.29, 0.717) is 13.2 Å². The van der Waals surface area contributed by atoms with Gasteiger partial charge in [-0.3, -0.25) is 0 Å². The van der Waals surface area contributed by atoms with E-state index in [1.165, 1.54) is 5.56 Å². The number of amides is 2. The lowest BCUT2D eigenvalue weighted by Crippen LogP contribution is -2.37. The molecule has 0 atom stereocenters. The zero-order valence-electron chi connectivity index (χ0n) is 14.4. The van der Waals surface area contributed by atoms with Gasteiger partial charge in [0.25, 0.3) is 0 Å². The second-order valence-electron chi connectivity index (χ2n) is 5.96. The van der Waals surface area contributed by atoms with Crippen molar-refractivity contribution in [2.24, 2.45) is 0 Å². The minimum Gasteiger partial charge on any atom is -0.378 e. The number of rotatable bonds is 4. The summed E-state index contributed by atoms with van der Waals surface area (Å²) in [4.78, 5) is 14.4. The van der Waals surface area contributed by atoms with E-state index in [1.807, 2.05) is 55.5 Å². The molecule has 130 valence electrons. The molecule has 0 spiro atoms. The van der Waals surface area contributed by atoms with E-state index in [1.54, 1.807) is 6.20 Å². The predicted octanol–water partition coefficient (Wildman–Crippen LogP) is 3.62. The van der Waals surface area contributed by atoms with Crippen LogP contribution < -0.4 is 15.5 Å². The molecule has 1 aliphatic rings. The molecule has 1 fully saturated rings. The summed E-state index contributed by atoms with van der Waals surface area (Å²) in [7, 11) is 0. The third-order valence-electron chi connectivity index (χ3n) is 4.04. The number of anilines is 2. The van der Waals surface area contributed by atoms with Crippen LogP contribution in [0.15, 0.2) is 54.7 Å². The van der Waals surface area contributed by atoms with Crippen LogP contribution in [0.25, 0.3) is 6.08 Å². The number of para-hydroxylation sites is 2. The van der Waals surface area contributed by atoms with Crippen LogP contribution in [-0.4, -0.2) is 32.3 Å². The molecule has 0 bridgehead atoms. The minimum absolute atomic E-state index is 0.260. The van der Waals surface area contributed by atoms with E-state index in [-0.39, 0.29) is 6.03 Å². The van der Waals surface area contributed by atoms with Crippen LogP contribution >= 0.6 is 0 Å². The Balaban J connectivity index is 1.61. The maximum absolute atomic E-state index is 12.2. The highest BCUT2D eigenvalue weighted by atomic mass is 16.5. The molecule has 5 nitrogen and oxygen atoms in total. The molecule has 1 saturated heterocycles. The van der Waals surface area contributed by atoms with Gasteiger partial charge in [0.2, 0.25) is 0 Å². The number of carbonyl (C=O) groups is 1. The number of ether oxygens (including phenoxy) is 1. The molecule has 0 unspecified atom stereocenters. The molecule has 2 amide bonds. The number of carbonyl (C=O) groups excluding carboxylic acids is 1. The van der Waals surface area contributed by atoms with Crippen LogP contribution in [0, 0.1) is 6.92 Å². The summed E-state index contributed by atoms with van der Waals surface area (Å²) in [6.07, 6.45) is 3.53. The zero-order valence-corrected chi connectivity index (χ0v) is 14.4. The summed E-state index contributed by atoms with van der Waals surface area (Å²) >= 11 is 0. The van der Waals surface area contributed by atoms with Crippen LogP contribution in [0.5, 0.6) is 0 Å². The molecule has 0 radical (unpaired) electrons. The van der Waals surface area contributed by atoms with E-state index in [9.17, 15) is 4.79 Å². The number of nitrogens with one attached hydrogen (secondary N) is 2. The van der Waals surface area contributed by atoms with Gasteiger partial charge >= 0.3 is 6.03 Å². The lowest BCUT2D eigenvalue weighted by atomic mass is 10.1. The Morgan fingerprint density at radius 3 is 2.72 bits per heavy atom. The Kier molecular flexibility index (Phi) is 5.69. The summed E-state index contributed by atoms with van der Waals surface area (Å²) in [5.41, 5.74) is 4.05. The second kappa shape index (κ2) is 8.35. The number of morpholine rings is 1. The molecule has 0 aliphatic carbocycles. The SMILES string of the molecule is Cc1cccc(/C=C/NC(=O)Nc2ccccc2N2CCOCC2)c1. The van der Waals surface area contributed by atoms with Gasteiger partial charge in [-0.25, -0.2) is 4.79 Å². The largest absolute Gasteiger partial charge is 0.378 e. The molecule has 0 aromatic heterocycles. The van der Waals surface area contributed by atoms with Crippen molar-refractivity contribution in [1.82, 2.24) is 5.32 Å². The molecule has 3 rings (SSSR count). The molecule has 1 aliphatic heterocycles. The van der Waals surface area contributed by atoms with E-state index in [0.717, 1.165) is 30.0 Å². The van der Waals surface area contributed by atoms with Crippen LogP contribution in [0.3, 0.4) is 0 Å². The van der Waals surface area contributed by atoms with Crippen LogP contribution in [0.4, 0.5) is 16.2 Å². The molecule has 0 saturated carbocycles. The van der Waals surface area contributed by atoms with Crippen LogP contribution in [0.1, 0.15) is 11.1 Å². The van der Waals surface area contributed by atoms with Crippen molar-refractivity contribution >= 4 is 23.5 Å². The second-order valence-corrected chi connectivity index (χ2v) is 5.96. The van der Waals surface area contributed by atoms with Crippen molar-refractivity contribution < 1.29 is 9.53 Å². The van der Waals surface area contributed by atoms with E-state index in [2.05, 4.69) is 21.6 Å². The zero-order chi connectivity index (χ0) is 17.5. The molecule has 5 heteroatoms. The third-order valence-corrected chi connectivity index (χ3v) is 4.04. The van der Waals surface area contributed by atoms with E-state index < -0.39 is 0 Å². The van der Waals surface area contributed by atoms with Gasteiger partial charge in [0.1, 0.15) is 0 Å². The van der Waals surface area contributed by atoms with Gasteiger partial charge in [0, 0.05) is 19.3 Å². The van der Waals surface area contributed by atoms with Crippen molar-refractivity contribution in [1.29, 1.82) is 0 Å². The highest BCUT2D eigenvalue weighted by molar-refractivity contribution is 5.94. The van der Waals surface area contributed by atoms with Crippen molar-refractivity contribution in [2.45, 2.75) is 6.92 Å². The van der Waals surface area contributed by atoms with Gasteiger partial charge < -0.3 is 20.3 Å². The first-order valence-electron chi connectivity index (χ1n) is 8.45. The fourth-order valence-electron chi connectivity index (χ4n) is 2.81. The summed E-state index contributed by atoms with van der Waals surface area (Å²) in [6.45, 7) is 5.11. The number of urea groups is 1. The first-order valence-corrected chi connectivity index (χ1v) is 8.45. The quantitative estimate of drug-likeness (QED) is 0.896. The average Bonchev–Trinajstić information content (AvgIpc) is 2.63. The maximum atomic E-state index is 12.2. The number of hydrogen-bond acceptors (Lipinski definition) is 3. The molecule has 2 aromatic carbocycles.